The van der Waals surface area contributed by atoms with Crippen molar-refractivity contribution < 1.29 is 4.39 Å². The summed E-state index contributed by atoms with van der Waals surface area (Å²) in [7, 11) is -0.866. The van der Waals surface area contributed by atoms with Gasteiger partial charge in [-0.1, -0.05) is 19.1 Å². The average Bonchev–Trinajstić information content (AvgIpc) is 2.13. The second-order valence-corrected chi connectivity index (χ2v) is 8.25. The van der Waals surface area contributed by atoms with E-state index in [-0.39, 0.29) is 6.67 Å². The fourth-order valence-electron chi connectivity index (χ4n) is 0.840. The summed E-state index contributed by atoms with van der Waals surface area (Å²) in [6.45, 7) is 4.44. The Labute approximate surface area is 44.7 Å². The predicted octanol–water partition coefficient (Wildman–Crippen LogP) is 2.05. The number of rotatable bonds is 1. The molecule has 0 amide bonds. The zero-order valence-electron chi connectivity index (χ0n) is 5.58. The van der Waals surface area contributed by atoms with Crippen LogP contribution in [-0.2, 0) is 0 Å². The van der Waals surface area contributed by atoms with E-state index in [0.717, 1.165) is 0 Å². The van der Waals surface area contributed by atoms with E-state index >= 15 is 0 Å². The van der Waals surface area contributed by atoms with Crippen LogP contribution in [-0.4, -0.2) is 14.7 Å². The van der Waals surface area contributed by atoms with Crippen molar-refractivity contribution in [1.82, 2.24) is 0 Å². The van der Waals surface area contributed by atoms with E-state index in [0.29, 0.717) is 5.54 Å². The summed E-state index contributed by atoms with van der Waals surface area (Å²) in [5.74, 6) is 0. The Morgan fingerprint density at radius 2 is 2.00 bits per heavy atom. The molecule has 1 atom stereocenters. The molecule has 0 radical (unpaired) electrons. The van der Waals surface area contributed by atoms with Gasteiger partial charge in [0.25, 0.3) is 0 Å². The average molecular weight is 385 g/mol. The molecule has 1 heterocycles. The minimum absolute atomic E-state index is 0. The topological polar surface area (TPSA) is 0 Å². The SMILES string of the molecule is C[Si]1(C)CC1CF.[Rf]. The van der Waals surface area contributed by atoms with Gasteiger partial charge >= 0.3 is 0 Å². The van der Waals surface area contributed by atoms with Crippen molar-refractivity contribution in [1.29, 1.82) is 0 Å². The molecule has 1 saturated heterocycles. The molecular formula is C5H11FRfSi. The number of hydrogen-bond donors (Lipinski definition) is 0. The minimum Gasteiger partial charge on any atom is -0.251 e. The Balaban J connectivity index is 0.000000490. The third-order valence-corrected chi connectivity index (χ3v) is 5.49. The van der Waals surface area contributed by atoms with Crippen LogP contribution in [0.1, 0.15) is 0 Å². The van der Waals surface area contributed by atoms with Gasteiger partial charge in [0.05, 0.1) is 14.7 Å². The molecule has 0 aromatic carbocycles. The summed E-state index contributed by atoms with van der Waals surface area (Å²) >= 11 is 0. The van der Waals surface area contributed by atoms with Crippen LogP contribution in [0.25, 0.3) is 0 Å². The summed E-state index contributed by atoms with van der Waals surface area (Å²) < 4.78 is 11.7. The molecular weight excluding hydrogens is 374 g/mol. The monoisotopic (exact) mass is 385 g/mol. The van der Waals surface area contributed by atoms with Gasteiger partial charge in [-0.15, -0.1) is 0 Å². The van der Waals surface area contributed by atoms with Crippen molar-refractivity contribution in [3.05, 3.63) is 0 Å². The van der Waals surface area contributed by atoms with E-state index in [4.69, 9.17) is 0 Å². The molecule has 0 N–H and O–H groups in total. The molecule has 0 aliphatic carbocycles. The standard InChI is InChI=1S/C5H11FSi.Rf/c1-7(2)4-5(7)3-6;/h5H,3-4H2,1-2H3;. The van der Waals surface area contributed by atoms with E-state index in [2.05, 4.69) is 13.1 Å². The van der Waals surface area contributed by atoms with E-state index in [1.165, 1.54) is 6.04 Å². The summed E-state index contributed by atoms with van der Waals surface area (Å²) in [6, 6.07) is 1.23. The Hall–Kier alpha value is -0.853. The molecule has 0 spiro atoms. The first kappa shape index (κ1) is 7.15. The molecule has 0 bridgehead atoms. The predicted molar refractivity (Wildman–Crippen MR) is 32.0 cm³/mol. The zero-order chi connectivity index (χ0) is 5.49. The van der Waals surface area contributed by atoms with Crippen LogP contribution in [0.15, 0.2) is 0 Å². The Morgan fingerprint density at radius 1 is 1.62 bits per heavy atom. The fraction of sp³-hybridized carbons (Fsp3) is 1.00. The molecule has 1 aliphatic rings. The molecule has 0 aromatic rings. The number of hydrogen-bond acceptors (Lipinski definition) is 0. The van der Waals surface area contributed by atoms with Crippen molar-refractivity contribution in [2.45, 2.75) is 24.7 Å². The molecule has 1 aliphatic heterocycles. The van der Waals surface area contributed by atoms with Crippen LogP contribution < -0.4 is 0 Å². The summed E-state index contributed by atoms with van der Waals surface area (Å²) in [5, 5.41) is 0. The van der Waals surface area contributed by atoms with Gasteiger partial charge in [-0.25, -0.2) is 0 Å². The second-order valence-electron chi connectivity index (χ2n) is 3.04. The molecule has 0 saturated carbocycles. The van der Waals surface area contributed by atoms with Gasteiger partial charge in [0.1, 0.15) is 0 Å². The van der Waals surface area contributed by atoms with E-state index < -0.39 is 8.07 Å². The Morgan fingerprint density at radius 3 is 2.00 bits per heavy atom. The fourth-order valence-corrected chi connectivity index (χ4v) is 3.74. The van der Waals surface area contributed by atoms with E-state index in [1.807, 2.05) is 0 Å². The van der Waals surface area contributed by atoms with Gasteiger partial charge < -0.3 is 0 Å². The van der Waals surface area contributed by atoms with E-state index in [1.54, 1.807) is 0 Å². The van der Waals surface area contributed by atoms with Crippen LogP contribution in [0.4, 0.5) is 4.39 Å². The summed E-state index contributed by atoms with van der Waals surface area (Å²) in [4.78, 5) is 0. The second kappa shape index (κ2) is 1.58. The third kappa shape index (κ3) is 0.860. The van der Waals surface area contributed by atoms with Crippen LogP contribution >= 0.6 is 0 Å². The molecule has 0 nitrogen and oxygen atoms in total. The van der Waals surface area contributed by atoms with Crippen LogP contribution in [0.5, 0.6) is 0 Å². The molecule has 1 rings (SSSR count). The quantitative estimate of drug-likeness (QED) is 0.607. The first-order valence-corrected chi connectivity index (χ1v) is 6.01. The first-order chi connectivity index (χ1) is 3.17. The molecule has 0 aromatic heterocycles. The van der Waals surface area contributed by atoms with Crippen LogP contribution in [0.2, 0.25) is 24.7 Å². The maximum absolute atomic E-state index is 11.7. The molecule has 1 unspecified atom stereocenters. The van der Waals surface area contributed by atoms with Gasteiger partial charge in [-0.2, -0.15) is 0 Å². The smallest absolute Gasteiger partial charge is 0.0896 e. The van der Waals surface area contributed by atoms with Crippen molar-refractivity contribution in [3.63, 3.8) is 0 Å². The summed E-state index contributed by atoms with van der Waals surface area (Å²) in [5.41, 5.74) is 0.521. The largest absolute Gasteiger partial charge is 0.251 e. The van der Waals surface area contributed by atoms with Gasteiger partial charge in [-0.05, 0) is 5.54 Å². The van der Waals surface area contributed by atoms with Gasteiger partial charge in [-0.3, -0.25) is 4.39 Å². The van der Waals surface area contributed by atoms with Gasteiger partial charge in [0.15, 0.2) is 0 Å². The normalized spacial score (nSPS) is 31.1. The van der Waals surface area contributed by atoms with Crippen LogP contribution in [0, 0.1) is 0 Å². The van der Waals surface area contributed by atoms with Crippen molar-refractivity contribution in [2.24, 2.45) is 0 Å². The molecule has 1 fully saturated rings. The molecule has 44 valence electrons. The number of alkyl halides is 1. The Kier molecular flexibility index (Phi) is 1.41. The Bertz CT molecular complexity index is 84.5. The summed E-state index contributed by atoms with van der Waals surface area (Å²) in [6.07, 6.45) is 0. The molecule has 3 heteroatoms. The molecule has 8 heavy (non-hydrogen) atoms. The number of halogens is 1. The van der Waals surface area contributed by atoms with Gasteiger partial charge in [0.2, 0.25) is 0 Å². The minimum atomic E-state index is -0.866. The third-order valence-electron chi connectivity index (χ3n) is 1.90. The zero-order valence-corrected chi connectivity index (χ0v) is 13.0. The van der Waals surface area contributed by atoms with Crippen molar-refractivity contribution in [2.75, 3.05) is 6.67 Å². The maximum atomic E-state index is 11.7. The van der Waals surface area contributed by atoms with Crippen molar-refractivity contribution >= 4 is 8.07 Å². The van der Waals surface area contributed by atoms with Crippen molar-refractivity contribution in [3.8, 4) is 0 Å². The van der Waals surface area contributed by atoms with Gasteiger partial charge in [0, 0.05) is 0 Å². The maximum Gasteiger partial charge on any atom is 0.0896 e. The first-order valence-electron chi connectivity index (χ1n) is 2.73. The van der Waals surface area contributed by atoms with Crippen LogP contribution in [0.3, 0.4) is 0 Å². The van der Waals surface area contributed by atoms with E-state index in [9.17, 15) is 4.39 Å².